The van der Waals surface area contributed by atoms with Crippen LogP contribution < -0.4 is 0 Å². The molecule has 0 aromatic heterocycles. The average Bonchev–Trinajstić information content (AvgIpc) is 2.81. The van der Waals surface area contributed by atoms with Crippen LogP contribution in [-0.4, -0.2) is 35.1 Å². The highest BCUT2D eigenvalue weighted by Gasteiger charge is 2.30. The lowest BCUT2D eigenvalue weighted by atomic mass is 9.98. The number of carbonyl (C=O) groups is 1. The molecule has 1 fully saturated rings. The van der Waals surface area contributed by atoms with Crippen LogP contribution in [-0.2, 0) is 11.2 Å². The Bertz CT molecular complexity index is 449. The minimum Gasteiger partial charge on any atom is -0.298 e. The largest absolute Gasteiger partial charge is 0.298 e. The minimum atomic E-state index is 0.179. The third-order valence-electron chi connectivity index (χ3n) is 4.23. The molecule has 102 valence electrons. The number of rotatable bonds is 3. The minimum absolute atomic E-state index is 0.179. The molecule has 0 bridgehead atoms. The Balaban J connectivity index is 1.64. The van der Waals surface area contributed by atoms with Gasteiger partial charge in [-0.3, -0.25) is 9.69 Å². The van der Waals surface area contributed by atoms with Crippen LogP contribution in [0.15, 0.2) is 29.2 Å². The van der Waals surface area contributed by atoms with E-state index >= 15 is 0 Å². The lowest BCUT2D eigenvalue weighted by molar-refractivity contribution is -0.123. The van der Waals surface area contributed by atoms with Crippen LogP contribution in [0.25, 0.3) is 0 Å². The number of benzene rings is 1. The average molecular weight is 275 g/mol. The van der Waals surface area contributed by atoms with Gasteiger partial charge in [0, 0.05) is 16.7 Å². The predicted octanol–water partition coefficient (Wildman–Crippen LogP) is 3.15. The second-order valence-electron chi connectivity index (χ2n) is 5.67. The Morgan fingerprint density at radius 2 is 2.21 bits per heavy atom. The van der Waals surface area contributed by atoms with Crippen molar-refractivity contribution in [1.82, 2.24) is 4.90 Å². The van der Waals surface area contributed by atoms with Crippen molar-refractivity contribution < 1.29 is 4.79 Å². The summed E-state index contributed by atoms with van der Waals surface area (Å²) >= 11 is 1.99. The van der Waals surface area contributed by atoms with Crippen LogP contribution in [0.3, 0.4) is 0 Å². The molecule has 0 saturated carbocycles. The third kappa shape index (κ3) is 2.87. The first-order chi connectivity index (χ1) is 9.24. The van der Waals surface area contributed by atoms with E-state index in [4.69, 9.17) is 0 Å². The molecule has 2 unspecified atom stereocenters. The maximum atomic E-state index is 11.8. The molecule has 1 aromatic rings. The van der Waals surface area contributed by atoms with Crippen molar-refractivity contribution in [2.45, 2.75) is 48.8 Å². The number of hydrogen-bond donors (Lipinski definition) is 0. The summed E-state index contributed by atoms with van der Waals surface area (Å²) in [6, 6.07) is 8.88. The van der Waals surface area contributed by atoms with Gasteiger partial charge in [-0.15, -0.1) is 11.8 Å². The predicted molar refractivity (Wildman–Crippen MR) is 79.7 cm³/mol. The SMILES string of the molecule is CC(=O)C1CCCCN1CC1Cc2ccccc2S1. The van der Waals surface area contributed by atoms with Crippen molar-refractivity contribution in [2.75, 3.05) is 13.1 Å². The molecule has 0 aliphatic carbocycles. The van der Waals surface area contributed by atoms with E-state index in [9.17, 15) is 4.79 Å². The fraction of sp³-hybridized carbons (Fsp3) is 0.562. The van der Waals surface area contributed by atoms with Crippen LogP contribution in [0.2, 0.25) is 0 Å². The molecule has 3 rings (SSSR count). The molecule has 0 spiro atoms. The van der Waals surface area contributed by atoms with E-state index in [0.717, 1.165) is 25.9 Å². The van der Waals surface area contributed by atoms with E-state index in [1.165, 1.54) is 23.3 Å². The highest BCUT2D eigenvalue weighted by Crippen LogP contribution is 2.37. The highest BCUT2D eigenvalue weighted by molar-refractivity contribution is 8.00. The normalized spacial score (nSPS) is 27.2. The van der Waals surface area contributed by atoms with Gasteiger partial charge in [0.25, 0.3) is 0 Å². The van der Waals surface area contributed by atoms with Crippen molar-refractivity contribution in [3.05, 3.63) is 29.8 Å². The van der Waals surface area contributed by atoms with Gasteiger partial charge >= 0.3 is 0 Å². The van der Waals surface area contributed by atoms with Crippen molar-refractivity contribution in [1.29, 1.82) is 0 Å². The molecule has 2 aliphatic rings. The Labute approximate surface area is 119 Å². The molecular weight excluding hydrogens is 254 g/mol. The van der Waals surface area contributed by atoms with Crippen LogP contribution in [0, 0.1) is 0 Å². The van der Waals surface area contributed by atoms with Gasteiger partial charge in [0.2, 0.25) is 0 Å². The lowest BCUT2D eigenvalue weighted by Gasteiger charge is -2.35. The van der Waals surface area contributed by atoms with E-state index < -0.39 is 0 Å². The number of fused-ring (bicyclic) bond motifs is 1. The number of nitrogens with zero attached hydrogens (tertiary/aromatic N) is 1. The molecule has 1 saturated heterocycles. The molecule has 0 N–H and O–H groups in total. The fourth-order valence-electron chi connectivity index (χ4n) is 3.29. The summed E-state index contributed by atoms with van der Waals surface area (Å²) in [5, 5.41) is 0.623. The summed E-state index contributed by atoms with van der Waals surface area (Å²) in [5.41, 5.74) is 1.48. The van der Waals surface area contributed by atoms with E-state index in [1.54, 1.807) is 6.92 Å². The summed E-state index contributed by atoms with van der Waals surface area (Å²) in [4.78, 5) is 15.6. The van der Waals surface area contributed by atoms with E-state index in [1.807, 2.05) is 11.8 Å². The molecule has 19 heavy (non-hydrogen) atoms. The second kappa shape index (κ2) is 5.68. The van der Waals surface area contributed by atoms with E-state index in [0.29, 0.717) is 11.0 Å². The number of likely N-dealkylation sites (tertiary alicyclic amines) is 1. The number of hydrogen-bond acceptors (Lipinski definition) is 3. The van der Waals surface area contributed by atoms with Gasteiger partial charge in [-0.25, -0.2) is 0 Å². The number of carbonyl (C=O) groups excluding carboxylic acids is 1. The first kappa shape index (κ1) is 13.2. The van der Waals surface area contributed by atoms with Gasteiger partial charge in [0.1, 0.15) is 5.78 Å². The smallest absolute Gasteiger partial charge is 0.146 e. The summed E-state index contributed by atoms with van der Waals surface area (Å²) in [7, 11) is 0. The maximum Gasteiger partial charge on any atom is 0.146 e. The molecule has 2 nitrogen and oxygen atoms in total. The van der Waals surface area contributed by atoms with E-state index in [-0.39, 0.29) is 6.04 Å². The summed E-state index contributed by atoms with van der Waals surface area (Å²) < 4.78 is 0. The van der Waals surface area contributed by atoms with Gasteiger partial charge in [0.15, 0.2) is 0 Å². The van der Waals surface area contributed by atoms with Gasteiger partial charge in [-0.1, -0.05) is 24.6 Å². The molecule has 2 aliphatic heterocycles. The fourth-order valence-corrected chi connectivity index (χ4v) is 4.64. The summed E-state index contributed by atoms with van der Waals surface area (Å²) in [6.45, 7) is 3.90. The van der Waals surface area contributed by atoms with Gasteiger partial charge < -0.3 is 0 Å². The van der Waals surface area contributed by atoms with E-state index in [2.05, 4.69) is 29.2 Å². The third-order valence-corrected chi connectivity index (χ3v) is 5.54. The monoisotopic (exact) mass is 275 g/mol. The summed E-state index contributed by atoms with van der Waals surface area (Å²) in [6.07, 6.45) is 4.66. The Morgan fingerprint density at radius 1 is 1.37 bits per heavy atom. The van der Waals surface area contributed by atoms with Gasteiger partial charge in [0.05, 0.1) is 6.04 Å². The van der Waals surface area contributed by atoms with Crippen molar-refractivity contribution in [3.63, 3.8) is 0 Å². The summed E-state index contributed by atoms with van der Waals surface area (Å²) in [5.74, 6) is 0.347. The Kier molecular flexibility index (Phi) is 3.94. The first-order valence-electron chi connectivity index (χ1n) is 7.23. The molecule has 3 heteroatoms. The lowest BCUT2D eigenvalue weighted by Crippen LogP contribution is -2.46. The Morgan fingerprint density at radius 3 is 3.00 bits per heavy atom. The van der Waals surface area contributed by atoms with Crippen LogP contribution >= 0.6 is 11.8 Å². The second-order valence-corrected chi connectivity index (χ2v) is 7.01. The maximum absolute atomic E-state index is 11.8. The van der Waals surface area contributed by atoms with Crippen molar-refractivity contribution in [2.24, 2.45) is 0 Å². The molecular formula is C16H21NOS. The van der Waals surface area contributed by atoms with Crippen LogP contribution in [0.4, 0.5) is 0 Å². The number of ketones is 1. The van der Waals surface area contributed by atoms with Gasteiger partial charge in [-0.2, -0.15) is 0 Å². The first-order valence-corrected chi connectivity index (χ1v) is 8.11. The Hall–Kier alpha value is -0.800. The van der Waals surface area contributed by atoms with Crippen molar-refractivity contribution >= 4 is 17.5 Å². The topological polar surface area (TPSA) is 20.3 Å². The number of thioether (sulfide) groups is 1. The molecule has 0 radical (unpaired) electrons. The number of Topliss-reactive ketones (excluding diaryl/α,β-unsaturated/α-hetero) is 1. The molecule has 0 amide bonds. The van der Waals surface area contributed by atoms with Crippen LogP contribution in [0.5, 0.6) is 0 Å². The molecule has 2 heterocycles. The highest BCUT2D eigenvalue weighted by atomic mass is 32.2. The molecule has 2 atom stereocenters. The van der Waals surface area contributed by atoms with Crippen LogP contribution in [0.1, 0.15) is 31.7 Å². The standard InChI is InChI=1S/C16H21NOS/c1-12(18)15-7-4-5-9-17(15)11-14-10-13-6-2-3-8-16(13)19-14/h2-3,6,8,14-15H,4-5,7,9-11H2,1H3. The quantitative estimate of drug-likeness (QED) is 0.845. The zero-order chi connectivity index (χ0) is 13.2. The number of piperidine rings is 1. The van der Waals surface area contributed by atoms with Crippen molar-refractivity contribution in [3.8, 4) is 0 Å². The van der Waals surface area contributed by atoms with Gasteiger partial charge in [-0.05, 0) is 44.4 Å². The molecule has 1 aromatic carbocycles. The zero-order valence-corrected chi connectivity index (χ0v) is 12.3. The zero-order valence-electron chi connectivity index (χ0n) is 11.5.